The molecule has 9 nitrogen and oxygen atoms in total. The molecule has 3 rings (SSSR count). The van der Waals surface area contributed by atoms with Crippen molar-refractivity contribution in [2.45, 2.75) is 31.6 Å². The summed E-state index contributed by atoms with van der Waals surface area (Å²) in [4.78, 5) is 38.3. The van der Waals surface area contributed by atoms with Gasteiger partial charge in [0.25, 0.3) is 5.91 Å². The third kappa shape index (κ3) is 7.57. The fourth-order valence-corrected chi connectivity index (χ4v) is 4.37. The summed E-state index contributed by atoms with van der Waals surface area (Å²) in [5.41, 5.74) is 16.8. The maximum absolute atomic E-state index is 12.9. The lowest BCUT2D eigenvalue weighted by molar-refractivity contribution is -0.137. The number of hydrogen-bond acceptors (Lipinski definition) is 6. The Bertz CT molecular complexity index is 1170. The number of rotatable bonds is 8. The predicted octanol–water partition coefficient (Wildman–Crippen LogP) is 2.97. The van der Waals surface area contributed by atoms with Crippen LogP contribution in [0.25, 0.3) is 0 Å². The number of piperidine rings is 1. The van der Waals surface area contributed by atoms with Gasteiger partial charge in [0.15, 0.2) is 5.78 Å². The summed E-state index contributed by atoms with van der Waals surface area (Å²) in [6.07, 6.45) is -3.35. The summed E-state index contributed by atoms with van der Waals surface area (Å²) in [7, 11) is 0. The summed E-state index contributed by atoms with van der Waals surface area (Å²) in [6.45, 7) is 1.51. The van der Waals surface area contributed by atoms with E-state index in [1.165, 1.54) is 0 Å². The number of primary amides is 1. The van der Waals surface area contributed by atoms with E-state index in [-0.39, 0.29) is 17.2 Å². The van der Waals surface area contributed by atoms with Gasteiger partial charge in [0, 0.05) is 12.2 Å². The van der Waals surface area contributed by atoms with E-state index in [2.05, 4.69) is 15.5 Å². The van der Waals surface area contributed by atoms with E-state index in [0.29, 0.717) is 49.3 Å². The lowest BCUT2D eigenvalue weighted by atomic mass is 9.87. The van der Waals surface area contributed by atoms with E-state index in [9.17, 15) is 27.6 Å². The smallest absolute Gasteiger partial charge is 0.398 e. The molecule has 1 saturated heterocycles. The van der Waals surface area contributed by atoms with E-state index in [1.54, 1.807) is 12.1 Å². The Hall–Kier alpha value is -3.35. The van der Waals surface area contributed by atoms with Gasteiger partial charge in [0.05, 0.1) is 34.4 Å². The zero-order valence-corrected chi connectivity index (χ0v) is 20.5. The zero-order chi connectivity index (χ0) is 27.3. The fraction of sp³-hybridized carbons (Fsp3) is 0.375. The Morgan fingerprint density at radius 2 is 1.78 bits per heavy atom. The minimum Gasteiger partial charge on any atom is -0.398 e. The second kappa shape index (κ2) is 11.8. The van der Waals surface area contributed by atoms with Crippen LogP contribution in [0, 0.1) is 5.92 Å². The Balaban J connectivity index is 1.50. The Labute approximate surface area is 216 Å². The van der Waals surface area contributed by atoms with Crippen molar-refractivity contribution in [1.82, 2.24) is 10.2 Å². The Morgan fingerprint density at radius 3 is 2.41 bits per heavy atom. The molecule has 13 heteroatoms. The highest BCUT2D eigenvalue weighted by atomic mass is 35.5. The lowest BCUT2D eigenvalue weighted by Gasteiger charge is -2.34. The summed E-state index contributed by atoms with van der Waals surface area (Å²) in [5.74, 6) is -1.42. The number of nitrogens with zero attached hydrogens (tertiary/aromatic N) is 1. The number of nitrogens with one attached hydrogen (secondary N) is 2. The first kappa shape index (κ1) is 28.2. The van der Waals surface area contributed by atoms with Crippen molar-refractivity contribution < 1.29 is 27.6 Å². The van der Waals surface area contributed by atoms with Crippen LogP contribution in [0.5, 0.6) is 0 Å². The summed E-state index contributed by atoms with van der Waals surface area (Å²) < 4.78 is 38.8. The van der Waals surface area contributed by atoms with Gasteiger partial charge in [0.2, 0.25) is 0 Å². The molecule has 0 saturated carbocycles. The lowest BCUT2D eigenvalue weighted by Crippen LogP contribution is -2.47. The first-order chi connectivity index (χ1) is 17.3. The number of carbonyl (C=O) groups excluding carboxylic acids is 3. The molecule has 200 valence electrons. The Morgan fingerprint density at radius 1 is 1.11 bits per heavy atom. The van der Waals surface area contributed by atoms with Crippen molar-refractivity contribution in [3.63, 3.8) is 0 Å². The standard InChI is InChI=1S/C24H28ClF3N6O3/c25-17-3-1-13(9-19(17)33-23(31)37)12-34-7-5-14(6-8-34)21(30)20(35)11-32-22(36)16-10-15(24(26,27)28)2-4-18(16)29/h1-4,9-10,14,21H,5-8,11-12,29-30H2,(H,32,36)(H3,31,33,37). The van der Waals surface area contributed by atoms with Crippen LogP contribution in [0.15, 0.2) is 36.4 Å². The number of ketones is 1. The van der Waals surface area contributed by atoms with E-state index >= 15 is 0 Å². The number of hydrogen-bond donors (Lipinski definition) is 5. The second-order valence-corrected chi connectivity index (χ2v) is 9.30. The largest absolute Gasteiger partial charge is 0.416 e. The van der Waals surface area contributed by atoms with Crippen molar-refractivity contribution in [3.05, 3.63) is 58.1 Å². The molecular weight excluding hydrogens is 513 g/mol. The highest BCUT2D eigenvalue weighted by molar-refractivity contribution is 6.33. The summed E-state index contributed by atoms with van der Waals surface area (Å²) in [6, 6.07) is 6.14. The minimum absolute atomic E-state index is 0.114. The van der Waals surface area contributed by atoms with Crippen LogP contribution in [-0.4, -0.2) is 48.3 Å². The molecule has 8 N–H and O–H groups in total. The maximum Gasteiger partial charge on any atom is 0.416 e. The van der Waals surface area contributed by atoms with Gasteiger partial charge in [0.1, 0.15) is 0 Å². The number of likely N-dealkylation sites (tertiary alicyclic amines) is 1. The van der Waals surface area contributed by atoms with Crippen LogP contribution in [0.3, 0.4) is 0 Å². The number of amides is 3. The van der Waals surface area contributed by atoms with Gasteiger partial charge in [-0.15, -0.1) is 0 Å². The molecule has 1 aliphatic rings. The molecule has 2 aromatic carbocycles. The highest BCUT2D eigenvalue weighted by Crippen LogP contribution is 2.31. The number of halogens is 4. The number of carbonyl (C=O) groups is 3. The zero-order valence-electron chi connectivity index (χ0n) is 19.8. The monoisotopic (exact) mass is 540 g/mol. The van der Waals surface area contributed by atoms with Crippen molar-refractivity contribution in [2.24, 2.45) is 17.4 Å². The summed E-state index contributed by atoms with van der Waals surface area (Å²) >= 11 is 6.07. The number of nitrogen functional groups attached to an aromatic ring is 1. The van der Waals surface area contributed by atoms with Crippen molar-refractivity contribution in [2.75, 3.05) is 30.7 Å². The van der Waals surface area contributed by atoms with Crippen molar-refractivity contribution in [3.8, 4) is 0 Å². The van der Waals surface area contributed by atoms with Crippen LogP contribution < -0.4 is 27.8 Å². The normalized spacial score (nSPS) is 15.7. The molecular formula is C24H28ClF3N6O3. The maximum atomic E-state index is 12.9. The van der Waals surface area contributed by atoms with Gasteiger partial charge in [-0.2, -0.15) is 13.2 Å². The molecule has 1 aliphatic heterocycles. The predicted molar refractivity (Wildman–Crippen MR) is 134 cm³/mol. The molecule has 37 heavy (non-hydrogen) atoms. The van der Waals surface area contributed by atoms with Gasteiger partial charge in [-0.1, -0.05) is 17.7 Å². The molecule has 0 aliphatic carbocycles. The SMILES string of the molecule is NC(=O)Nc1cc(CN2CCC(C(N)C(=O)CNC(=O)c3cc(C(F)(F)F)ccc3N)CC2)ccc1Cl. The number of alkyl halides is 3. The van der Waals surface area contributed by atoms with Gasteiger partial charge < -0.3 is 27.8 Å². The average molecular weight is 541 g/mol. The second-order valence-electron chi connectivity index (χ2n) is 8.89. The number of benzene rings is 2. The molecule has 1 heterocycles. The number of nitrogens with two attached hydrogens (primary N) is 3. The van der Waals surface area contributed by atoms with E-state index in [4.69, 9.17) is 28.8 Å². The molecule has 0 spiro atoms. The molecule has 0 radical (unpaired) electrons. The quantitative estimate of drug-likeness (QED) is 0.324. The van der Waals surface area contributed by atoms with Crippen LogP contribution in [-0.2, 0) is 17.5 Å². The molecule has 1 unspecified atom stereocenters. The van der Waals surface area contributed by atoms with Crippen LogP contribution >= 0.6 is 11.6 Å². The average Bonchev–Trinajstić information content (AvgIpc) is 2.83. The van der Waals surface area contributed by atoms with Gasteiger partial charge >= 0.3 is 12.2 Å². The van der Waals surface area contributed by atoms with E-state index in [1.807, 2.05) is 6.07 Å². The van der Waals surface area contributed by atoms with E-state index in [0.717, 1.165) is 17.7 Å². The van der Waals surface area contributed by atoms with Crippen LogP contribution in [0.2, 0.25) is 5.02 Å². The van der Waals surface area contributed by atoms with Gasteiger partial charge in [-0.05, 0) is 67.7 Å². The van der Waals surface area contributed by atoms with E-state index < -0.39 is 42.0 Å². The third-order valence-corrected chi connectivity index (χ3v) is 6.58. The topological polar surface area (TPSA) is 157 Å². The first-order valence-electron chi connectivity index (χ1n) is 11.5. The van der Waals surface area contributed by atoms with Crippen molar-refractivity contribution >= 4 is 40.7 Å². The van der Waals surface area contributed by atoms with Gasteiger partial charge in [-0.3, -0.25) is 14.5 Å². The molecule has 1 fully saturated rings. The fourth-order valence-electron chi connectivity index (χ4n) is 4.20. The number of Topliss-reactive ketones (excluding diaryl/α,β-unsaturated/α-hetero) is 1. The number of urea groups is 1. The molecule has 3 amide bonds. The molecule has 0 aromatic heterocycles. The minimum atomic E-state index is -4.63. The molecule has 2 aromatic rings. The van der Waals surface area contributed by atoms with Crippen LogP contribution in [0.1, 0.15) is 34.3 Å². The van der Waals surface area contributed by atoms with Crippen LogP contribution in [0.4, 0.5) is 29.3 Å². The number of anilines is 2. The van der Waals surface area contributed by atoms with Gasteiger partial charge in [-0.25, -0.2) is 4.79 Å². The third-order valence-electron chi connectivity index (χ3n) is 6.26. The first-order valence-corrected chi connectivity index (χ1v) is 11.8. The Kier molecular flexibility index (Phi) is 9.00. The highest BCUT2D eigenvalue weighted by Gasteiger charge is 2.32. The molecule has 0 bridgehead atoms. The van der Waals surface area contributed by atoms with Crippen molar-refractivity contribution in [1.29, 1.82) is 0 Å². The summed E-state index contributed by atoms with van der Waals surface area (Å²) in [5, 5.41) is 5.17. The molecule has 1 atom stereocenters.